The number of halogens is 3. The van der Waals surface area contributed by atoms with Gasteiger partial charge in [-0.2, -0.15) is 13.2 Å². The minimum Gasteiger partial charge on any atom is -0.378 e. The molecule has 0 radical (unpaired) electrons. The van der Waals surface area contributed by atoms with Gasteiger partial charge in [0.05, 0.1) is 17.7 Å². The topological polar surface area (TPSA) is 38.3 Å². The van der Waals surface area contributed by atoms with E-state index in [1.165, 1.54) is 6.07 Å². The third kappa shape index (κ3) is 4.22. The predicted molar refractivity (Wildman–Crippen MR) is 76.1 cm³/mol. The van der Waals surface area contributed by atoms with Gasteiger partial charge in [0, 0.05) is 12.5 Å². The number of alkyl halides is 3. The largest absolute Gasteiger partial charge is 0.416 e. The molecule has 122 valence electrons. The Bertz CT molecular complexity index is 530. The number of ether oxygens (including phenoxy) is 1. The van der Waals surface area contributed by atoms with E-state index < -0.39 is 17.8 Å². The van der Waals surface area contributed by atoms with E-state index in [0.29, 0.717) is 25.0 Å². The van der Waals surface area contributed by atoms with Gasteiger partial charge in [-0.1, -0.05) is 12.1 Å². The molecule has 0 aliphatic carbocycles. The monoisotopic (exact) mass is 315 g/mol. The Balaban J connectivity index is 2.02. The lowest BCUT2D eigenvalue weighted by molar-refractivity contribution is -0.137. The van der Waals surface area contributed by atoms with Crippen LogP contribution in [0.1, 0.15) is 43.9 Å². The Morgan fingerprint density at radius 2 is 2.14 bits per heavy atom. The van der Waals surface area contributed by atoms with Crippen LogP contribution in [-0.4, -0.2) is 18.6 Å². The van der Waals surface area contributed by atoms with Crippen molar-refractivity contribution in [1.82, 2.24) is 5.32 Å². The van der Waals surface area contributed by atoms with Crippen LogP contribution in [0.5, 0.6) is 0 Å². The molecular weight excluding hydrogens is 295 g/mol. The molecule has 1 heterocycles. The molecule has 1 N–H and O–H groups in total. The Labute approximate surface area is 127 Å². The smallest absolute Gasteiger partial charge is 0.378 e. The molecule has 3 nitrogen and oxygen atoms in total. The number of hydrogen-bond donors (Lipinski definition) is 1. The van der Waals surface area contributed by atoms with Gasteiger partial charge in [-0.15, -0.1) is 0 Å². The first kappa shape index (κ1) is 16.8. The summed E-state index contributed by atoms with van der Waals surface area (Å²) in [6.45, 7) is 4.14. The third-order valence-corrected chi connectivity index (χ3v) is 3.93. The van der Waals surface area contributed by atoms with Crippen LogP contribution in [0.15, 0.2) is 24.3 Å². The number of carbonyl (C=O) groups excluding carboxylic acids is 1. The SMILES string of the molecule is CC1CC(C(=O)NC(C)c2cccc(C(F)(F)F)c2)CCO1. The number of amides is 1. The van der Waals surface area contributed by atoms with E-state index >= 15 is 0 Å². The summed E-state index contributed by atoms with van der Waals surface area (Å²) in [7, 11) is 0. The Kier molecular flexibility index (Phi) is 5.11. The standard InChI is InChI=1S/C16H20F3NO2/c1-10-8-13(6-7-22-10)15(21)20-11(2)12-4-3-5-14(9-12)16(17,18)19/h3-5,9-11,13H,6-8H2,1-2H3,(H,20,21). The lowest BCUT2D eigenvalue weighted by Crippen LogP contribution is -2.37. The first-order chi connectivity index (χ1) is 10.3. The fraction of sp³-hybridized carbons (Fsp3) is 0.562. The van der Waals surface area contributed by atoms with Gasteiger partial charge in [0.2, 0.25) is 5.91 Å². The van der Waals surface area contributed by atoms with Crippen LogP contribution in [0.3, 0.4) is 0 Å². The molecule has 1 aromatic carbocycles. The summed E-state index contributed by atoms with van der Waals surface area (Å²) in [5, 5.41) is 2.80. The quantitative estimate of drug-likeness (QED) is 0.923. The summed E-state index contributed by atoms with van der Waals surface area (Å²) in [5.41, 5.74) is -0.255. The number of hydrogen-bond acceptors (Lipinski definition) is 2. The van der Waals surface area contributed by atoms with Crippen molar-refractivity contribution in [3.63, 3.8) is 0 Å². The molecule has 1 aliphatic rings. The van der Waals surface area contributed by atoms with E-state index in [4.69, 9.17) is 4.74 Å². The van der Waals surface area contributed by atoms with Crippen molar-refractivity contribution >= 4 is 5.91 Å². The van der Waals surface area contributed by atoms with Crippen molar-refractivity contribution in [2.45, 2.75) is 45.0 Å². The minimum atomic E-state index is -4.38. The van der Waals surface area contributed by atoms with Crippen molar-refractivity contribution in [1.29, 1.82) is 0 Å². The molecule has 1 fully saturated rings. The average molecular weight is 315 g/mol. The van der Waals surface area contributed by atoms with Gasteiger partial charge in [0.1, 0.15) is 0 Å². The van der Waals surface area contributed by atoms with Crippen molar-refractivity contribution in [2.24, 2.45) is 5.92 Å². The first-order valence-electron chi connectivity index (χ1n) is 7.36. The minimum absolute atomic E-state index is 0.0355. The summed E-state index contributed by atoms with van der Waals surface area (Å²) >= 11 is 0. The summed E-state index contributed by atoms with van der Waals surface area (Å²) < 4.78 is 43.6. The van der Waals surface area contributed by atoms with E-state index in [-0.39, 0.29) is 17.9 Å². The van der Waals surface area contributed by atoms with Crippen molar-refractivity contribution in [3.8, 4) is 0 Å². The van der Waals surface area contributed by atoms with Gasteiger partial charge in [-0.05, 0) is 44.4 Å². The summed E-state index contributed by atoms with van der Waals surface area (Å²) in [6, 6.07) is 4.59. The van der Waals surface area contributed by atoms with Crippen LogP contribution in [0.4, 0.5) is 13.2 Å². The van der Waals surface area contributed by atoms with E-state index in [0.717, 1.165) is 12.1 Å². The molecule has 1 aromatic rings. The molecule has 1 amide bonds. The fourth-order valence-electron chi connectivity index (χ4n) is 2.64. The van der Waals surface area contributed by atoms with Crippen molar-refractivity contribution in [2.75, 3.05) is 6.61 Å². The Morgan fingerprint density at radius 1 is 1.41 bits per heavy atom. The molecule has 0 bridgehead atoms. The normalized spacial score (nSPS) is 23.9. The second-order valence-electron chi connectivity index (χ2n) is 5.76. The van der Waals surface area contributed by atoms with Crippen LogP contribution in [-0.2, 0) is 15.7 Å². The van der Waals surface area contributed by atoms with Gasteiger partial charge in [0.25, 0.3) is 0 Å². The molecule has 1 aliphatic heterocycles. The molecule has 0 saturated carbocycles. The molecule has 6 heteroatoms. The maximum Gasteiger partial charge on any atom is 0.416 e. The van der Waals surface area contributed by atoms with Gasteiger partial charge in [-0.25, -0.2) is 0 Å². The zero-order valence-electron chi connectivity index (χ0n) is 12.6. The Morgan fingerprint density at radius 3 is 2.77 bits per heavy atom. The Hall–Kier alpha value is -1.56. The number of rotatable bonds is 3. The van der Waals surface area contributed by atoms with Crippen molar-refractivity contribution < 1.29 is 22.7 Å². The molecule has 22 heavy (non-hydrogen) atoms. The fourth-order valence-corrected chi connectivity index (χ4v) is 2.64. The summed E-state index contributed by atoms with van der Waals surface area (Å²) in [6.07, 6.45) is -3.06. The molecule has 0 spiro atoms. The third-order valence-electron chi connectivity index (χ3n) is 3.93. The zero-order chi connectivity index (χ0) is 16.3. The summed E-state index contributed by atoms with van der Waals surface area (Å²) in [5.74, 6) is -0.267. The average Bonchev–Trinajstić information content (AvgIpc) is 2.46. The predicted octanol–water partition coefficient (Wildman–Crippen LogP) is 3.70. The summed E-state index contributed by atoms with van der Waals surface area (Å²) in [4.78, 5) is 12.2. The van der Waals surface area contributed by atoms with E-state index in [1.807, 2.05) is 6.92 Å². The highest BCUT2D eigenvalue weighted by atomic mass is 19.4. The van der Waals surface area contributed by atoms with Crippen LogP contribution in [0, 0.1) is 5.92 Å². The number of benzene rings is 1. The van der Waals surface area contributed by atoms with E-state index in [2.05, 4.69) is 5.32 Å². The number of nitrogens with one attached hydrogen (secondary N) is 1. The zero-order valence-corrected chi connectivity index (χ0v) is 12.6. The second-order valence-corrected chi connectivity index (χ2v) is 5.76. The highest BCUT2D eigenvalue weighted by Crippen LogP contribution is 2.31. The van der Waals surface area contributed by atoms with E-state index in [1.54, 1.807) is 13.0 Å². The highest BCUT2D eigenvalue weighted by Gasteiger charge is 2.31. The van der Waals surface area contributed by atoms with Crippen LogP contribution in [0.25, 0.3) is 0 Å². The second kappa shape index (κ2) is 6.69. The van der Waals surface area contributed by atoms with Crippen LogP contribution in [0.2, 0.25) is 0 Å². The lowest BCUT2D eigenvalue weighted by Gasteiger charge is -2.27. The molecule has 3 atom stereocenters. The van der Waals surface area contributed by atoms with Gasteiger partial charge < -0.3 is 10.1 Å². The van der Waals surface area contributed by atoms with Crippen molar-refractivity contribution in [3.05, 3.63) is 35.4 Å². The molecule has 0 aromatic heterocycles. The maximum atomic E-state index is 12.7. The van der Waals surface area contributed by atoms with Gasteiger partial charge in [0.15, 0.2) is 0 Å². The maximum absolute atomic E-state index is 12.7. The molecular formula is C16H20F3NO2. The number of carbonyl (C=O) groups is 1. The van der Waals surface area contributed by atoms with E-state index in [9.17, 15) is 18.0 Å². The lowest BCUT2D eigenvalue weighted by atomic mass is 9.94. The molecule has 3 unspecified atom stereocenters. The van der Waals surface area contributed by atoms with Gasteiger partial charge in [-0.3, -0.25) is 4.79 Å². The molecule has 2 rings (SSSR count). The van der Waals surface area contributed by atoms with Crippen LogP contribution >= 0.6 is 0 Å². The van der Waals surface area contributed by atoms with Gasteiger partial charge >= 0.3 is 6.18 Å². The first-order valence-corrected chi connectivity index (χ1v) is 7.36. The van der Waals surface area contributed by atoms with Crippen LogP contribution < -0.4 is 5.32 Å². The highest BCUT2D eigenvalue weighted by molar-refractivity contribution is 5.79. The molecule has 1 saturated heterocycles.